The Kier molecular flexibility index (Phi) is 7.71. The number of rotatable bonds is 10. The molecule has 1 aromatic carbocycles. The van der Waals surface area contributed by atoms with Gasteiger partial charge < -0.3 is 9.47 Å². The molecule has 4 nitrogen and oxygen atoms in total. The molecule has 1 aliphatic rings. The van der Waals surface area contributed by atoms with Crippen LogP contribution in [0.4, 0.5) is 0 Å². The zero-order valence-corrected chi connectivity index (χ0v) is 13.9. The van der Waals surface area contributed by atoms with E-state index in [2.05, 4.69) is 42.0 Å². The normalized spacial score (nSPS) is 16.8. The number of nitrogens with one attached hydrogen (secondary N) is 2. The van der Waals surface area contributed by atoms with Crippen LogP contribution in [0.5, 0.6) is 5.75 Å². The maximum Gasteiger partial charge on any atom is 0.120 e. The van der Waals surface area contributed by atoms with Crippen molar-refractivity contribution in [2.45, 2.75) is 58.1 Å². The first-order valence-electron chi connectivity index (χ1n) is 8.62. The summed E-state index contributed by atoms with van der Waals surface area (Å²) < 4.78 is 11.4. The van der Waals surface area contributed by atoms with Crippen LogP contribution in [0, 0.1) is 0 Å². The van der Waals surface area contributed by atoms with Crippen LogP contribution in [0.25, 0.3) is 0 Å². The highest BCUT2D eigenvalue weighted by atomic mass is 16.5. The summed E-state index contributed by atoms with van der Waals surface area (Å²) in [5, 5.41) is 0. The quantitative estimate of drug-likeness (QED) is 0.512. The van der Waals surface area contributed by atoms with Crippen LogP contribution in [0.1, 0.15) is 57.6 Å². The third kappa shape index (κ3) is 5.95. The highest BCUT2D eigenvalue weighted by molar-refractivity contribution is 5.30. The Bertz CT molecular complexity index is 419. The van der Waals surface area contributed by atoms with Crippen molar-refractivity contribution >= 4 is 0 Å². The largest absolute Gasteiger partial charge is 0.490 e. The van der Waals surface area contributed by atoms with E-state index in [1.807, 2.05) is 6.92 Å². The molecule has 1 aromatic rings. The van der Waals surface area contributed by atoms with Crippen LogP contribution >= 0.6 is 0 Å². The van der Waals surface area contributed by atoms with Crippen molar-refractivity contribution in [3.8, 4) is 5.75 Å². The fourth-order valence-electron chi connectivity index (χ4n) is 2.77. The minimum atomic E-state index is 0.249. The van der Waals surface area contributed by atoms with E-state index in [1.54, 1.807) is 0 Å². The minimum absolute atomic E-state index is 0.249. The van der Waals surface area contributed by atoms with Gasteiger partial charge in [0.15, 0.2) is 0 Å². The van der Waals surface area contributed by atoms with E-state index in [1.165, 1.54) is 31.2 Å². The third-order valence-corrected chi connectivity index (χ3v) is 4.08. The molecule has 0 spiro atoms. The average molecular weight is 306 g/mol. The summed E-state index contributed by atoms with van der Waals surface area (Å²) in [7, 11) is 0. The summed E-state index contributed by atoms with van der Waals surface area (Å²) in [6.07, 6.45) is 6.41. The molecule has 0 heterocycles. The van der Waals surface area contributed by atoms with Gasteiger partial charge >= 0.3 is 0 Å². The molecule has 4 heteroatoms. The second kappa shape index (κ2) is 9.82. The van der Waals surface area contributed by atoms with Crippen molar-refractivity contribution < 1.29 is 9.47 Å². The molecule has 0 amide bonds. The molecule has 0 aromatic heterocycles. The van der Waals surface area contributed by atoms with Gasteiger partial charge in [0.2, 0.25) is 0 Å². The van der Waals surface area contributed by atoms with Crippen LogP contribution in [-0.2, 0) is 4.74 Å². The van der Waals surface area contributed by atoms with Gasteiger partial charge in [-0.1, -0.05) is 12.1 Å². The molecular weight excluding hydrogens is 276 g/mol. The predicted octanol–water partition coefficient (Wildman–Crippen LogP) is 3.59. The maximum atomic E-state index is 6.07. The highest BCUT2D eigenvalue weighted by Crippen LogP contribution is 2.25. The number of hydrogen-bond donors (Lipinski definition) is 2. The lowest BCUT2D eigenvalue weighted by atomic mass is 10.1. The summed E-state index contributed by atoms with van der Waals surface area (Å²) in [5.74, 6) is 0.995. The van der Waals surface area contributed by atoms with Crippen LogP contribution in [-0.4, -0.2) is 25.9 Å². The standard InChI is InChI=1S/C18H30N2O2/c1-3-21-13-7-12-19-20-15(2)16-8-6-11-18(14-16)22-17-9-4-5-10-17/h6,8,11,14-15,17,19-20H,3-5,7,9-10,12-13H2,1-2H3. The number of ether oxygens (including phenoxy) is 2. The van der Waals surface area contributed by atoms with Gasteiger partial charge in [-0.3, -0.25) is 10.9 Å². The van der Waals surface area contributed by atoms with Crippen LogP contribution in [0.2, 0.25) is 0 Å². The first-order valence-corrected chi connectivity index (χ1v) is 8.62. The molecule has 0 bridgehead atoms. The fraction of sp³-hybridized carbons (Fsp3) is 0.667. The predicted molar refractivity (Wildman–Crippen MR) is 90.0 cm³/mol. The second-order valence-corrected chi connectivity index (χ2v) is 5.94. The van der Waals surface area contributed by atoms with Crippen molar-refractivity contribution in [2.75, 3.05) is 19.8 Å². The second-order valence-electron chi connectivity index (χ2n) is 5.94. The van der Waals surface area contributed by atoms with Gasteiger partial charge in [-0.25, -0.2) is 0 Å². The van der Waals surface area contributed by atoms with E-state index < -0.39 is 0 Å². The smallest absolute Gasteiger partial charge is 0.120 e. The van der Waals surface area contributed by atoms with Crippen LogP contribution in [0.3, 0.4) is 0 Å². The zero-order chi connectivity index (χ0) is 15.6. The van der Waals surface area contributed by atoms with Gasteiger partial charge in [0.1, 0.15) is 5.75 Å². The van der Waals surface area contributed by atoms with Crippen molar-refractivity contribution in [1.82, 2.24) is 10.9 Å². The molecule has 1 atom stereocenters. The van der Waals surface area contributed by atoms with E-state index in [0.29, 0.717) is 6.10 Å². The lowest BCUT2D eigenvalue weighted by molar-refractivity contribution is 0.143. The summed E-state index contributed by atoms with van der Waals surface area (Å²) in [5.41, 5.74) is 7.84. The molecule has 0 radical (unpaired) electrons. The van der Waals surface area contributed by atoms with E-state index in [4.69, 9.17) is 9.47 Å². The topological polar surface area (TPSA) is 42.5 Å². The maximum absolute atomic E-state index is 6.07. The lowest BCUT2D eigenvalue weighted by Gasteiger charge is -2.18. The summed E-state index contributed by atoms with van der Waals surface area (Å²) in [4.78, 5) is 0. The fourth-order valence-corrected chi connectivity index (χ4v) is 2.77. The molecule has 2 N–H and O–H groups in total. The Hall–Kier alpha value is -1.10. The summed E-state index contributed by atoms with van der Waals surface area (Å²) in [6.45, 7) is 6.68. The van der Waals surface area contributed by atoms with E-state index >= 15 is 0 Å². The summed E-state index contributed by atoms with van der Waals surface area (Å²) >= 11 is 0. The molecule has 124 valence electrons. The first-order chi connectivity index (χ1) is 10.8. The molecule has 1 fully saturated rings. The SMILES string of the molecule is CCOCCCNNC(C)c1cccc(OC2CCCC2)c1. The van der Waals surface area contributed by atoms with E-state index in [-0.39, 0.29) is 6.04 Å². The Morgan fingerprint density at radius 1 is 1.27 bits per heavy atom. The highest BCUT2D eigenvalue weighted by Gasteiger charge is 2.16. The lowest BCUT2D eigenvalue weighted by Crippen LogP contribution is -2.35. The molecule has 1 saturated carbocycles. The zero-order valence-electron chi connectivity index (χ0n) is 13.9. The number of benzene rings is 1. The van der Waals surface area contributed by atoms with Crippen molar-refractivity contribution in [3.05, 3.63) is 29.8 Å². The van der Waals surface area contributed by atoms with Gasteiger partial charge in [0.05, 0.1) is 6.10 Å². The Balaban J connectivity index is 1.73. The molecular formula is C18H30N2O2. The van der Waals surface area contributed by atoms with E-state index in [0.717, 1.165) is 31.9 Å². The molecule has 1 aliphatic carbocycles. The monoisotopic (exact) mass is 306 g/mol. The Labute approximate surface area is 134 Å². The van der Waals surface area contributed by atoms with Gasteiger partial charge in [0.25, 0.3) is 0 Å². The van der Waals surface area contributed by atoms with Crippen molar-refractivity contribution in [2.24, 2.45) is 0 Å². The van der Waals surface area contributed by atoms with Crippen LogP contribution in [0.15, 0.2) is 24.3 Å². The number of hydrazine groups is 1. The van der Waals surface area contributed by atoms with E-state index in [9.17, 15) is 0 Å². The Morgan fingerprint density at radius 3 is 2.86 bits per heavy atom. The third-order valence-electron chi connectivity index (χ3n) is 4.08. The Morgan fingerprint density at radius 2 is 2.09 bits per heavy atom. The van der Waals surface area contributed by atoms with Crippen molar-refractivity contribution in [1.29, 1.82) is 0 Å². The molecule has 1 unspecified atom stereocenters. The van der Waals surface area contributed by atoms with Gasteiger partial charge in [-0.05, 0) is 63.6 Å². The van der Waals surface area contributed by atoms with Gasteiger partial charge in [-0.2, -0.15) is 0 Å². The average Bonchev–Trinajstić information content (AvgIpc) is 3.04. The summed E-state index contributed by atoms with van der Waals surface area (Å²) in [6, 6.07) is 8.68. The minimum Gasteiger partial charge on any atom is -0.490 e. The molecule has 22 heavy (non-hydrogen) atoms. The molecule has 0 aliphatic heterocycles. The van der Waals surface area contributed by atoms with Gasteiger partial charge in [0, 0.05) is 25.8 Å². The molecule has 2 rings (SSSR count). The number of hydrogen-bond acceptors (Lipinski definition) is 4. The van der Waals surface area contributed by atoms with Gasteiger partial charge in [-0.15, -0.1) is 0 Å². The van der Waals surface area contributed by atoms with Crippen LogP contribution < -0.4 is 15.6 Å². The molecule has 0 saturated heterocycles. The van der Waals surface area contributed by atoms with Crippen molar-refractivity contribution in [3.63, 3.8) is 0 Å². The first kappa shape index (κ1) is 17.3.